The molecule has 78 valence electrons. The van der Waals surface area contributed by atoms with Crippen LogP contribution in [0.25, 0.3) is 0 Å². The van der Waals surface area contributed by atoms with Gasteiger partial charge < -0.3 is 5.73 Å². The molecule has 0 aromatic heterocycles. The zero-order chi connectivity index (χ0) is 10.9. The average molecular weight is 329 g/mol. The van der Waals surface area contributed by atoms with Crippen molar-refractivity contribution in [3.05, 3.63) is 26.8 Å². The van der Waals surface area contributed by atoms with E-state index < -0.39 is 16.0 Å². The smallest absolute Gasteiger partial charge is 0.306 e. The summed E-state index contributed by atoms with van der Waals surface area (Å²) in [6, 6.07) is 3.10. The third kappa shape index (κ3) is 3.09. The van der Waals surface area contributed by atoms with E-state index in [1.54, 1.807) is 6.07 Å². The van der Waals surface area contributed by atoms with Crippen molar-refractivity contribution in [1.82, 2.24) is 0 Å². The van der Waals surface area contributed by atoms with Crippen LogP contribution in [-0.2, 0) is 16.0 Å². The summed E-state index contributed by atoms with van der Waals surface area (Å²) in [4.78, 5) is 0. The molecule has 0 unspecified atom stereocenters. The van der Waals surface area contributed by atoms with Gasteiger partial charge in [0.05, 0.1) is 0 Å². The third-order valence-corrected chi connectivity index (χ3v) is 3.58. The van der Waals surface area contributed by atoms with Crippen molar-refractivity contribution in [3.8, 4) is 0 Å². The van der Waals surface area contributed by atoms with Crippen LogP contribution in [0.4, 0.5) is 9.57 Å². The maximum absolute atomic E-state index is 12.4. The van der Waals surface area contributed by atoms with E-state index in [1.165, 1.54) is 6.07 Å². The summed E-state index contributed by atoms with van der Waals surface area (Å²) < 4.78 is 34.0. The fraction of sp³-hybridized carbons (Fsp3) is 0.250. The Labute approximate surface area is 95.8 Å². The predicted molar refractivity (Wildman–Crippen MR) is 62.0 cm³/mol. The number of rotatable bonds is 2. The highest BCUT2D eigenvalue weighted by molar-refractivity contribution is 14.1. The van der Waals surface area contributed by atoms with Gasteiger partial charge in [0.15, 0.2) is 0 Å². The van der Waals surface area contributed by atoms with E-state index in [4.69, 9.17) is 5.73 Å². The number of hydrogen-bond donors (Lipinski definition) is 1. The highest BCUT2D eigenvalue weighted by atomic mass is 127. The number of nitrogen functional groups attached to an aromatic ring is 1. The van der Waals surface area contributed by atoms with E-state index >= 15 is 0 Å². The van der Waals surface area contributed by atoms with Crippen molar-refractivity contribution < 1.29 is 12.3 Å². The first-order valence-electron chi connectivity index (χ1n) is 3.76. The van der Waals surface area contributed by atoms with Gasteiger partial charge in [-0.3, -0.25) is 0 Å². The van der Waals surface area contributed by atoms with E-state index in [0.29, 0.717) is 11.3 Å². The highest BCUT2D eigenvalue weighted by Gasteiger charge is 2.11. The number of benzene rings is 1. The maximum atomic E-state index is 12.4. The minimum absolute atomic E-state index is 0.375. The molecule has 1 aromatic rings. The van der Waals surface area contributed by atoms with Crippen LogP contribution in [0.5, 0.6) is 0 Å². The van der Waals surface area contributed by atoms with Crippen molar-refractivity contribution >= 4 is 38.5 Å². The maximum Gasteiger partial charge on any atom is 0.306 e. The second kappa shape index (κ2) is 4.01. The minimum atomic E-state index is -4.48. The Balaban J connectivity index is 3.14. The van der Waals surface area contributed by atoms with E-state index in [0.717, 1.165) is 9.13 Å². The molecule has 0 saturated heterocycles. The summed E-state index contributed by atoms with van der Waals surface area (Å²) in [7, 11) is -4.48. The van der Waals surface area contributed by atoms with Crippen LogP contribution in [0.1, 0.15) is 11.1 Å². The predicted octanol–water partition coefficient (Wildman–Crippen LogP) is 1.98. The molecule has 1 aromatic carbocycles. The normalized spacial score (nSPS) is 11.6. The standard InChI is InChI=1S/C8H9FINO2S/c1-5-7(10)2-6(3-8(5)11)4-14(9,12)13/h2-3H,4,11H2,1H3. The number of nitrogens with two attached hydrogens (primary N) is 1. The first-order valence-corrected chi connectivity index (χ1v) is 6.39. The van der Waals surface area contributed by atoms with Crippen LogP contribution in [-0.4, -0.2) is 8.42 Å². The summed E-state index contributed by atoms with van der Waals surface area (Å²) in [5.74, 6) is -0.618. The minimum Gasteiger partial charge on any atom is -0.398 e. The Morgan fingerprint density at radius 2 is 2.07 bits per heavy atom. The molecule has 14 heavy (non-hydrogen) atoms. The molecule has 0 amide bonds. The first-order chi connectivity index (χ1) is 6.29. The lowest BCUT2D eigenvalue weighted by atomic mass is 10.1. The van der Waals surface area contributed by atoms with Gasteiger partial charge in [0.1, 0.15) is 5.75 Å². The Morgan fingerprint density at radius 3 is 2.50 bits per heavy atom. The van der Waals surface area contributed by atoms with Gasteiger partial charge in [0.25, 0.3) is 0 Å². The lowest BCUT2D eigenvalue weighted by Gasteiger charge is -2.05. The molecule has 0 fully saturated rings. The quantitative estimate of drug-likeness (QED) is 0.513. The molecule has 2 N–H and O–H groups in total. The van der Waals surface area contributed by atoms with Crippen LogP contribution in [0.3, 0.4) is 0 Å². The summed E-state index contributed by atoms with van der Waals surface area (Å²) in [5, 5.41) is 0. The van der Waals surface area contributed by atoms with Crippen molar-refractivity contribution in [1.29, 1.82) is 0 Å². The van der Waals surface area contributed by atoms with Gasteiger partial charge in [-0.15, -0.1) is 3.89 Å². The monoisotopic (exact) mass is 329 g/mol. The Kier molecular flexibility index (Phi) is 3.36. The zero-order valence-corrected chi connectivity index (χ0v) is 10.4. The molecule has 0 bridgehead atoms. The first kappa shape index (κ1) is 11.7. The van der Waals surface area contributed by atoms with E-state index in [-0.39, 0.29) is 0 Å². The largest absolute Gasteiger partial charge is 0.398 e. The van der Waals surface area contributed by atoms with Gasteiger partial charge in [0, 0.05) is 9.26 Å². The lowest BCUT2D eigenvalue weighted by molar-refractivity contribution is 0.551. The molecule has 0 aliphatic heterocycles. The topological polar surface area (TPSA) is 60.2 Å². The van der Waals surface area contributed by atoms with E-state index in [2.05, 4.69) is 0 Å². The molecule has 0 spiro atoms. The Morgan fingerprint density at radius 1 is 1.50 bits per heavy atom. The van der Waals surface area contributed by atoms with Gasteiger partial charge in [-0.25, -0.2) is 0 Å². The summed E-state index contributed by atoms with van der Waals surface area (Å²) >= 11 is 2.03. The van der Waals surface area contributed by atoms with Crippen molar-refractivity contribution in [2.24, 2.45) is 0 Å². The molecule has 0 aliphatic carbocycles. The molecule has 0 radical (unpaired) electrons. The van der Waals surface area contributed by atoms with Crippen molar-refractivity contribution in [3.63, 3.8) is 0 Å². The molecule has 0 saturated carbocycles. The van der Waals surface area contributed by atoms with Crippen LogP contribution >= 0.6 is 22.6 Å². The van der Waals surface area contributed by atoms with Gasteiger partial charge in [-0.2, -0.15) is 8.42 Å². The molecule has 6 heteroatoms. The summed E-state index contributed by atoms with van der Waals surface area (Å²) in [6.45, 7) is 1.82. The lowest BCUT2D eigenvalue weighted by Crippen LogP contribution is -2.00. The zero-order valence-electron chi connectivity index (χ0n) is 7.42. The second-order valence-corrected chi connectivity index (χ2v) is 5.50. The van der Waals surface area contributed by atoms with Crippen LogP contribution in [0, 0.1) is 10.5 Å². The number of halogens is 2. The van der Waals surface area contributed by atoms with Crippen molar-refractivity contribution in [2.75, 3.05) is 5.73 Å². The SMILES string of the molecule is Cc1c(N)cc(CS(=O)(=O)F)cc1I. The van der Waals surface area contributed by atoms with E-state index in [9.17, 15) is 12.3 Å². The summed E-state index contributed by atoms with van der Waals surface area (Å²) in [5.41, 5.74) is 7.36. The fourth-order valence-electron chi connectivity index (χ4n) is 1.04. The molecular formula is C8H9FINO2S. The Hall–Kier alpha value is -0.370. The Bertz CT molecular complexity index is 435. The van der Waals surface area contributed by atoms with Crippen LogP contribution < -0.4 is 5.73 Å². The second-order valence-electron chi connectivity index (χ2n) is 2.98. The van der Waals surface area contributed by atoms with Gasteiger partial charge in [0.2, 0.25) is 0 Å². The fourth-order valence-corrected chi connectivity index (χ4v) is 2.32. The van der Waals surface area contributed by atoms with Crippen LogP contribution in [0.2, 0.25) is 0 Å². The number of anilines is 1. The highest BCUT2D eigenvalue weighted by Crippen LogP contribution is 2.22. The van der Waals surface area contributed by atoms with Gasteiger partial charge in [-0.1, -0.05) is 0 Å². The molecule has 3 nitrogen and oxygen atoms in total. The average Bonchev–Trinajstić information content (AvgIpc) is 1.96. The molecule has 0 atom stereocenters. The van der Waals surface area contributed by atoms with Crippen LogP contribution in [0.15, 0.2) is 12.1 Å². The number of hydrogen-bond acceptors (Lipinski definition) is 3. The molecular weight excluding hydrogens is 320 g/mol. The molecule has 0 aliphatic rings. The van der Waals surface area contributed by atoms with Crippen molar-refractivity contribution in [2.45, 2.75) is 12.7 Å². The molecule has 1 rings (SSSR count). The third-order valence-electron chi connectivity index (χ3n) is 1.78. The van der Waals surface area contributed by atoms with E-state index in [1.807, 2.05) is 29.5 Å². The van der Waals surface area contributed by atoms with Gasteiger partial charge in [-0.05, 0) is 52.8 Å². The van der Waals surface area contributed by atoms with Gasteiger partial charge >= 0.3 is 10.2 Å². The molecule has 0 heterocycles. The summed E-state index contributed by atoms with van der Waals surface area (Å²) in [6.07, 6.45) is 0.